The number of hydrogen-bond donors (Lipinski definition) is 1. The lowest BCUT2D eigenvalue weighted by Crippen LogP contribution is -2.30. The van der Waals surface area contributed by atoms with Gasteiger partial charge in [-0.1, -0.05) is 30.3 Å². The van der Waals surface area contributed by atoms with E-state index in [1.54, 1.807) is 0 Å². The predicted molar refractivity (Wildman–Crippen MR) is 107 cm³/mol. The van der Waals surface area contributed by atoms with Crippen molar-refractivity contribution in [3.63, 3.8) is 0 Å². The van der Waals surface area contributed by atoms with E-state index < -0.39 is 0 Å². The van der Waals surface area contributed by atoms with Crippen LogP contribution in [-0.2, 0) is 5.75 Å². The molecule has 0 radical (unpaired) electrons. The van der Waals surface area contributed by atoms with E-state index in [0.717, 1.165) is 17.7 Å². The van der Waals surface area contributed by atoms with Crippen LogP contribution in [0.3, 0.4) is 0 Å². The quantitative estimate of drug-likeness (QED) is 0.743. The summed E-state index contributed by atoms with van der Waals surface area (Å²) in [5.74, 6) is 0.918. The number of hydrogen-bond acceptors (Lipinski definition) is 3. The van der Waals surface area contributed by atoms with Crippen molar-refractivity contribution >= 4 is 34.3 Å². The van der Waals surface area contributed by atoms with Crippen molar-refractivity contribution in [1.29, 1.82) is 5.26 Å². The van der Waals surface area contributed by atoms with Gasteiger partial charge in [-0.2, -0.15) is 5.26 Å². The smallest absolute Gasteiger partial charge is 0.0991 e. The van der Waals surface area contributed by atoms with Crippen molar-refractivity contribution < 1.29 is 0 Å². The number of nitriles is 1. The van der Waals surface area contributed by atoms with Crippen LogP contribution >= 0.6 is 28.7 Å². The van der Waals surface area contributed by atoms with E-state index in [2.05, 4.69) is 42.5 Å². The number of halogens is 1. The van der Waals surface area contributed by atoms with Crippen molar-refractivity contribution in [2.45, 2.75) is 36.5 Å². The zero-order chi connectivity index (χ0) is 16.4. The van der Waals surface area contributed by atoms with Crippen molar-refractivity contribution in [3.05, 3.63) is 70.8 Å². The molecule has 2 aromatic rings. The van der Waals surface area contributed by atoms with Crippen LogP contribution in [0.25, 0.3) is 5.57 Å². The molecule has 1 aliphatic heterocycles. The van der Waals surface area contributed by atoms with E-state index in [-0.39, 0.29) is 22.5 Å². The van der Waals surface area contributed by atoms with Gasteiger partial charge in [-0.15, -0.1) is 28.7 Å². The van der Waals surface area contributed by atoms with Crippen LogP contribution in [0.4, 0.5) is 0 Å². The van der Waals surface area contributed by atoms with Crippen molar-refractivity contribution in [2.24, 2.45) is 5.73 Å². The standard InChI is InChI=1S/C20H20N2S.BrH/c1-20(2,22)10-9-16-17-5-3-4-6-19(17)23-13-15-8-7-14(12-21)11-18(15)16;/h3-9,11H,10,13,22H2,1-2H3;1H. The Kier molecular flexibility index (Phi) is 5.92. The van der Waals surface area contributed by atoms with Crippen LogP contribution in [0.2, 0.25) is 0 Å². The highest BCUT2D eigenvalue weighted by atomic mass is 79.9. The van der Waals surface area contributed by atoms with Crippen LogP contribution < -0.4 is 5.73 Å². The molecule has 0 saturated heterocycles. The molecule has 0 spiro atoms. The van der Waals surface area contributed by atoms with Crippen LogP contribution in [0.5, 0.6) is 0 Å². The van der Waals surface area contributed by atoms with Gasteiger partial charge in [0.05, 0.1) is 11.6 Å². The molecule has 0 amide bonds. The predicted octanol–water partition coefficient (Wildman–Crippen LogP) is 5.30. The van der Waals surface area contributed by atoms with Gasteiger partial charge < -0.3 is 5.73 Å². The van der Waals surface area contributed by atoms with Crippen LogP contribution in [0.15, 0.2) is 53.4 Å². The molecule has 0 fully saturated rings. The number of nitrogens with two attached hydrogens (primary N) is 1. The highest BCUT2D eigenvalue weighted by molar-refractivity contribution is 8.93. The molecule has 1 aliphatic rings. The number of rotatable bonds is 2. The van der Waals surface area contributed by atoms with Crippen LogP contribution in [0, 0.1) is 11.3 Å². The van der Waals surface area contributed by atoms with Gasteiger partial charge in [-0.3, -0.25) is 0 Å². The first-order valence-corrected chi connectivity index (χ1v) is 8.71. The molecule has 3 rings (SSSR count). The minimum Gasteiger partial charge on any atom is -0.325 e. The fourth-order valence-electron chi connectivity index (χ4n) is 2.72. The molecule has 4 heteroatoms. The maximum absolute atomic E-state index is 9.26. The van der Waals surface area contributed by atoms with E-state index in [0.29, 0.717) is 5.56 Å². The third-order valence-corrected chi connectivity index (χ3v) is 5.04. The second kappa shape index (κ2) is 7.57. The molecule has 0 unspecified atom stereocenters. The van der Waals surface area contributed by atoms with Gasteiger partial charge in [0, 0.05) is 16.2 Å². The summed E-state index contributed by atoms with van der Waals surface area (Å²) in [4.78, 5) is 1.28. The molecular weight excluding hydrogens is 380 g/mol. The minimum absolute atomic E-state index is 0. The average molecular weight is 401 g/mol. The molecule has 2 aromatic carbocycles. The molecule has 2 N–H and O–H groups in total. The lowest BCUT2D eigenvalue weighted by atomic mass is 9.90. The molecule has 124 valence electrons. The first-order chi connectivity index (χ1) is 11.0. The fourth-order valence-corrected chi connectivity index (χ4v) is 3.79. The summed E-state index contributed by atoms with van der Waals surface area (Å²) in [6, 6.07) is 16.7. The topological polar surface area (TPSA) is 49.8 Å². The van der Waals surface area contributed by atoms with Gasteiger partial charge in [-0.05, 0) is 60.7 Å². The Bertz CT molecular complexity index is 813. The van der Waals surface area contributed by atoms with E-state index in [9.17, 15) is 5.26 Å². The fraction of sp³-hybridized carbons (Fsp3) is 0.250. The molecule has 0 aliphatic carbocycles. The maximum Gasteiger partial charge on any atom is 0.0991 e. The maximum atomic E-state index is 9.26. The molecule has 0 aromatic heterocycles. The summed E-state index contributed by atoms with van der Waals surface area (Å²) in [5, 5.41) is 9.26. The molecule has 0 saturated carbocycles. The van der Waals surface area contributed by atoms with Crippen LogP contribution in [0.1, 0.15) is 42.5 Å². The third kappa shape index (κ3) is 4.10. The summed E-state index contributed by atoms with van der Waals surface area (Å²) in [6.45, 7) is 4.07. The summed E-state index contributed by atoms with van der Waals surface area (Å²) in [6.07, 6.45) is 3.02. The Balaban J connectivity index is 0.00000208. The Morgan fingerprint density at radius 1 is 1.21 bits per heavy atom. The van der Waals surface area contributed by atoms with Gasteiger partial charge in [0.15, 0.2) is 0 Å². The number of fused-ring (bicyclic) bond motifs is 2. The van der Waals surface area contributed by atoms with E-state index in [4.69, 9.17) is 5.73 Å². The third-order valence-electron chi connectivity index (χ3n) is 3.92. The number of nitrogens with zero attached hydrogens (tertiary/aromatic N) is 1. The van der Waals surface area contributed by atoms with Gasteiger partial charge in [-0.25, -0.2) is 0 Å². The summed E-state index contributed by atoms with van der Waals surface area (Å²) < 4.78 is 0. The van der Waals surface area contributed by atoms with Crippen LogP contribution in [-0.4, -0.2) is 5.54 Å². The zero-order valence-electron chi connectivity index (χ0n) is 13.9. The summed E-state index contributed by atoms with van der Waals surface area (Å²) in [5.41, 5.74) is 11.5. The molecular formula is C20H21BrN2S. The van der Waals surface area contributed by atoms with Gasteiger partial charge in [0.2, 0.25) is 0 Å². The molecule has 0 atom stereocenters. The number of benzene rings is 2. The highest BCUT2D eigenvalue weighted by Crippen LogP contribution is 2.40. The van der Waals surface area contributed by atoms with Gasteiger partial charge >= 0.3 is 0 Å². The van der Waals surface area contributed by atoms with E-state index in [1.807, 2.05) is 37.7 Å². The monoisotopic (exact) mass is 400 g/mol. The zero-order valence-corrected chi connectivity index (χ0v) is 16.4. The minimum atomic E-state index is -0.256. The second-order valence-electron chi connectivity index (χ2n) is 6.58. The molecule has 0 bridgehead atoms. The SMILES string of the molecule is Br.CC(C)(N)CC=C1c2cc(C#N)ccc2CSc2ccccc21. The second-order valence-corrected chi connectivity index (χ2v) is 7.60. The largest absolute Gasteiger partial charge is 0.325 e. The van der Waals surface area contributed by atoms with E-state index in [1.165, 1.54) is 21.6 Å². The van der Waals surface area contributed by atoms with Crippen molar-refractivity contribution in [2.75, 3.05) is 0 Å². The van der Waals surface area contributed by atoms with Crippen molar-refractivity contribution in [1.82, 2.24) is 0 Å². The van der Waals surface area contributed by atoms with Crippen molar-refractivity contribution in [3.8, 4) is 6.07 Å². The van der Waals surface area contributed by atoms with Gasteiger partial charge in [0.25, 0.3) is 0 Å². The Labute approximate surface area is 158 Å². The highest BCUT2D eigenvalue weighted by Gasteiger charge is 2.19. The molecule has 1 heterocycles. The Morgan fingerprint density at radius 2 is 1.96 bits per heavy atom. The summed E-state index contributed by atoms with van der Waals surface area (Å²) in [7, 11) is 0. The van der Waals surface area contributed by atoms with E-state index >= 15 is 0 Å². The lowest BCUT2D eigenvalue weighted by molar-refractivity contribution is 0.528. The lowest BCUT2D eigenvalue weighted by Gasteiger charge is -2.18. The first kappa shape index (κ1) is 18.8. The Morgan fingerprint density at radius 3 is 2.67 bits per heavy atom. The van der Waals surface area contributed by atoms with Gasteiger partial charge in [0.1, 0.15) is 0 Å². The Hall–Kier alpha value is -1.54. The number of thioether (sulfide) groups is 1. The first-order valence-electron chi connectivity index (χ1n) is 7.72. The summed E-state index contributed by atoms with van der Waals surface area (Å²) >= 11 is 1.85. The molecule has 24 heavy (non-hydrogen) atoms. The average Bonchev–Trinajstić information content (AvgIpc) is 2.68. The molecule has 2 nitrogen and oxygen atoms in total. The normalized spacial score (nSPS) is 14.8.